The van der Waals surface area contributed by atoms with Gasteiger partial charge in [-0.1, -0.05) is 26.3 Å². The third kappa shape index (κ3) is 2.85. The number of nitrogens with zero attached hydrogens (tertiary/aromatic N) is 1. The Balaban J connectivity index is 2.12. The second kappa shape index (κ2) is 6.09. The van der Waals surface area contributed by atoms with E-state index in [-0.39, 0.29) is 18.4 Å². The molecule has 0 aliphatic rings. The van der Waals surface area contributed by atoms with Crippen LogP contribution >= 0.6 is 0 Å². The predicted molar refractivity (Wildman–Crippen MR) is 80.7 cm³/mol. The minimum absolute atomic E-state index is 0.135. The van der Waals surface area contributed by atoms with Crippen molar-refractivity contribution in [2.45, 2.75) is 26.4 Å². The standard InChI is InChI=1S/C16H22N2O2/c1-4-11(2)15(19)10-17-16(20)13-6-5-7-14-12(13)8-9-18(14)3/h5-9,11,15,19H,4,10H2,1-3H3,(H,17,20). The van der Waals surface area contributed by atoms with Crippen molar-refractivity contribution in [1.82, 2.24) is 9.88 Å². The van der Waals surface area contributed by atoms with Crippen molar-refractivity contribution in [1.29, 1.82) is 0 Å². The number of carbonyl (C=O) groups excluding carboxylic acids is 1. The summed E-state index contributed by atoms with van der Waals surface area (Å²) >= 11 is 0. The van der Waals surface area contributed by atoms with Crippen LogP contribution in [0.5, 0.6) is 0 Å². The molecular weight excluding hydrogens is 252 g/mol. The Bertz CT molecular complexity index is 604. The fourth-order valence-electron chi connectivity index (χ4n) is 2.27. The number of hydrogen-bond acceptors (Lipinski definition) is 2. The molecule has 2 unspecified atom stereocenters. The number of benzene rings is 1. The van der Waals surface area contributed by atoms with Gasteiger partial charge in [0.05, 0.1) is 6.10 Å². The zero-order valence-corrected chi connectivity index (χ0v) is 12.3. The van der Waals surface area contributed by atoms with E-state index < -0.39 is 6.10 Å². The molecule has 1 amide bonds. The third-order valence-corrected chi connectivity index (χ3v) is 3.95. The molecular formula is C16H22N2O2. The highest BCUT2D eigenvalue weighted by molar-refractivity contribution is 6.06. The van der Waals surface area contributed by atoms with Crippen LogP contribution in [0.1, 0.15) is 30.6 Å². The summed E-state index contributed by atoms with van der Waals surface area (Å²) in [5, 5.41) is 13.7. The van der Waals surface area contributed by atoms with Gasteiger partial charge in [0.1, 0.15) is 0 Å². The van der Waals surface area contributed by atoms with Gasteiger partial charge in [0, 0.05) is 36.3 Å². The number of hydrogen-bond donors (Lipinski definition) is 2. The zero-order valence-electron chi connectivity index (χ0n) is 12.3. The maximum absolute atomic E-state index is 12.3. The Hall–Kier alpha value is -1.81. The number of aliphatic hydroxyl groups is 1. The first-order valence-corrected chi connectivity index (χ1v) is 7.05. The van der Waals surface area contributed by atoms with E-state index in [1.54, 1.807) is 0 Å². The molecule has 0 saturated carbocycles. The molecule has 1 aromatic carbocycles. The van der Waals surface area contributed by atoms with Crippen LogP contribution in [-0.2, 0) is 7.05 Å². The van der Waals surface area contributed by atoms with Crippen molar-refractivity contribution < 1.29 is 9.90 Å². The van der Waals surface area contributed by atoms with E-state index in [2.05, 4.69) is 5.32 Å². The summed E-state index contributed by atoms with van der Waals surface area (Å²) in [7, 11) is 1.96. The maximum Gasteiger partial charge on any atom is 0.252 e. The van der Waals surface area contributed by atoms with Crippen LogP contribution < -0.4 is 5.32 Å². The van der Waals surface area contributed by atoms with E-state index in [0.717, 1.165) is 17.3 Å². The Morgan fingerprint density at radius 3 is 2.85 bits per heavy atom. The van der Waals surface area contributed by atoms with E-state index >= 15 is 0 Å². The molecule has 1 heterocycles. The number of aliphatic hydroxyl groups excluding tert-OH is 1. The van der Waals surface area contributed by atoms with Crippen molar-refractivity contribution in [3.63, 3.8) is 0 Å². The molecule has 0 fully saturated rings. The number of amides is 1. The Morgan fingerprint density at radius 1 is 1.40 bits per heavy atom. The van der Waals surface area contributed by atoms with E-state index in [9.17, 15) is 9.90 Å². The average molecular weight is 274 g/mol. The molecule has 108 valence electrons. The van der Waals surface area contributed by atoms with Crippen LogP contribution in [0.3, 0.4) is 0 Å². The van der Waals surface area contributed by atoms with Crippen molar-refractivity contribution in [3.05, 3.63) is 36.0 Å². The van der Waals surface area contributed by atoms with Crippen LogP contribution in [0.2, 0.25) is 0 Å². The Morgan fingerprint density at radius 2 is 2.15 bits per heavy atom. The summed E-state index contributed by atoms with van der Waals surface area (Å²) in [6.07, 6.45) is 2.33. The monoisotopic (exact) mass is 274 g/mol. The fraction of sp³-hybridized carbons (Fsp3) is 0.438. The molecule has 4 heteroatoms. The average Bonchev–Trinajstić information content (AvgIpc) is 2.85. The normalized spacial score (nSPS) is 14.2. The first kappa shape index (κ1) is 14.6. The summed E-state index contributed by atoms with van der Waals surface area (Å²) in [6.45, 7) is 4.30. The minimum atomic E-state index is -0.501. The maximum atomic E-state index is 12.3. The molecule has 1 aromatic heterocycles. The lowest BCUT2D eigenvalue weighted by Crippen LogP contribution is -2.35. The minimum Gasteiger partial charge on any atom is -0.391 e. The molecule has 2 N–H and O–H groups in total. The summed E-state index contributed by atoms with van der Waals surface area (Å²) in [5.41, 5.74) is 1.68. The fourth-order valence-corrected chi connectivity index (χ4v) is 2.27. The van der Waals surface area contributed by atoms with Gasteiger partial charge in [-0.3, -0.25) is 4.79 Å². The number of carbonyl (C=O) groups is 1. The van der Waals surface area contributed by atoms with Crippen molar-refractivity contribution >= 4 is 16.8 Å². The first-order chi connectivity index (χ1) is 9.54. The topological polar surface area (TPSA) is 54.3 Å². The molecule has 0 radical (unpaired) electrons. The molecule has 0 bridgehead atoms. The lowest BCUT2D eigenvalue weighted by atomic mass is 10.0. The number of rotatable bonds is 5. The third-order valence-electron chi connectivity index (χ3n) is 3.95. The van der Waals surface area contributed by atoms with Crippen LogP contribution in [0, 0.1) is 5.92 Å². The van der Waals surface area contributed by atoms with Crippen LogP contribution in [0.15, 0.2) is 30.5 Å². The summed E-state index contributed by atoms with van der Waals surface area (Å²) in [4.78, 5) is 12.3. The highest BCUT2D eigenvalue weighted by atomic mass is 16.3. The number of aryl methyl sites for hydroxylation is 1. The van der Waals surface area contributed by atoms with E-state index in [1.807, 2.05) is 55.9 Å². The molecule has 0 aliphatic heterocycles. The molecule has 4 nitrogen and oxygen atoms in total. The SMILES string of the molecule is CCC(C)C(O)CNC(=O)c1cccc2c1ccn2C. The second-order valence-corrected chi connectivity index (χ2v) is 5.33. The smallest absolute Gasteiger partial charge is 0.252 e. The number of aromatic nitrogens is 1. The number of nitrogens with one attached hydrogen (secondary N) is 1. The lowest BCUT2D eigenvalue weighted by Gasteiger charge is -2.17. The van der Waals surface area contributed by atoms with Crippen molar-refractivity contribution in [2.24, 2.45) is 13.0 Å². The zero-order chi connectivity index (χ0) is 14.7. The Labute approximate surface area is 119 Å². The van der Waals surface area contributed by atoms with Crippen LogP contribution in [-0.4, -0.2) is 28.2 Å². The molecule has 0 saturated heterocycles. The highest BCUT2D eigenvalue weighted by Crippen LogP contribution is 2.19. The van der Waals surface area contributed by atoms with Crippen molar-refractivity contribution in [3.8, 4) is 0 Å². The number of fused-ring (bicyclic) bond motifs is 1. The second-order valence-electron chi connectivity index (χ2n) is 5.33. The largest absolute Gasteiger partial charge is 0.391 e. The van der Waals surface area contributed by atoms with Gasteiger partial charge in [-0.15, -0.1) is 0 Å². The van der Waals surface area contributed by atoms with Crippen LogP contribution in [0.25, 0.3) is 10.9 Å². The molecule has 20 heavy (non-hydrogen) atoms. The first-order valence-electron chi connectivity index (χ1n) is 7.05. The molecule has 2 rings (SSSR count). The molecule has 0 aliphatic carbocycles. The van der Waals surface area contributed by atoms with Gasteiger partial charge < -0.3 is 15.0 Å². The summed E-state index contributed by atoms with van der Waals surface area (Å²) in [5.74, 6) is 0.0481. The van der Waals surface area contributed by atoms with Gasteiger partial charge in [-0.25, -0.2) is 0 Å². The van der Waals surface area contributed by atoms with Crippen LogP contribution in [0.4, 0.5) is 0 Å². The van der Waals surface area contributed by atoms with Gasteiger partial charge in [0.15, 0.2) is 0 Å². The van der Waals surface area contributed by atoms with Crippen molar-refractivity contribution in [2.75, 3.05) is 6.54 Å². The van der Waals surface area contributed by atoms with Gasteiger partial charge in [0.2, 0.25) is 0 Å². The summed E-state index contributed by atoms with van der Waals surface area (Å²) < 4.78 is 1.99. The van der Waals surface area contributed by atoms with Gasteiger partial charge >= 0.3 is 0 Å². The Kier molecular flexibility index (Phi) is 4.45. The highest BCUT2D eigenvalue weighted by Gasteiger charge is 2.15. The predicted octanol–water partition coefficient (Wildman–Crippen LogP) is 2.32. The molecule has 2 aromatic rings. The molecule has 0 spiro atoms. The summed E-state index contributed by atoms with van der Waals surface area (Å²) in [6, 6.07) is 7.62. The van der Waals surface area contributed by atoms with Gasteiger partial charge in [-0.2, -0.15) is 0 Å². The van der Waals surface area contributed by atoms with E-state index in [1.165, 1.54) is 0 Å². The van der Waals surface area contributed by atoms with E-state index in [4.69, 9.17) is 0 Å². The molecule has 2 atom stereocenters. The van der Waals surface area contributed by atoms with Gasteiger partial charge in [0.25, 0.3) is 5.91 Å². The quantitative estimate of drug-likeness (QED) is 0.879. The van der Waals surface area contributed by atoms with Gasteiger partial charge in [-0.05, 0) is 24.1 Å². The lowest BCUT2D eigenvalue weighted by molar-refractivity contribution is 0.0851. The van der Waals surface area contributed by atoms with E-state index in [0.29, 0.717) is 5.56 Å².